The lowest BCUT2D eigenvalue weighted by molar-refractivity contribution is -0.249. The Balaban J connectivity index is 2.76. The number of esters is 6. The molecule has 14 heteroatoms. The van der Waals surface area contributed by atoms with Crippen molar-refractivity contribution in [3.05, 3.63) is 30.3 Å². The van der Waals surface area contributed by atoms with E-state index in [1.54, 1.807) is 30.3 Å². The van der Waals surface area contributed by atoms with Gasteiger partial charge in [0.1, 0.15) is 18.8 Å². The molecule has 1 heterocycles. The van der Waals surface area contributed by atoms with Gasteiger partial charge >= 0.3 is 35.8 Å². The van der Waals surface area contributed by atoms with Crippen LogP contribution in [0.3, 0.4) is 0 Å². The predicted molar refractivity (Wildman–Crippen MR) is 135 cm³/mol. The summed E-state index contributed by atoms with van der Waals surface area (Å²) in [6.45, 7) is 4.86. The summed E-state index contributed by atoms with van der Waals surface area (Å²) in [5.41, 5.74) is 0. The molecule has 0 bridgehead atoms. The molecule has 0 spiro atoms. The number of carbonyl (C=O) groups is 6. The fourth-order valence-corrected chi connectivity index (χ4v) is 5.31. The van der Waals surface area contributed by atoms with Crippen LogP contribution in [0.4, 0.5) is 0 Å². The molecule has 0 aromatic heterocycles. The van der Waals surface area contributed by atoms with Crippen LogP contribution in [0.15, 0.2) is 35.2 Å². The number of ether oxygens (including phenoxy) is 7. The van der Waals surface area contributed by atoms with E-state index in [-0.39, 0.29) is 6.42 Å². The highest BCUT2D eigenvalue weighted by atomic mass is 32.2. The molecule has 40 heavy (non-hydrogen) atoms. The fraction of sp³-hybridized carbons (Fsp3) is 0.538. The lowest BCUT2D eigenvalue weighted by Crippen LogP contribution is -2.64. The van der Waals surface area contributed by atoms with Crippen LogP contribution in [0.1, 0.15) is 41.0 Å². The summed E-state index contributed by atoms with van der Waals surface area (Å²) in [4.78, 5) is 72.0. The molecule has 1 aliphatic heterocycles. The topological polar surface area (TPSA) is 167 Å². The minimum Gasteiger partial charge on any atom is -0.466 e. The minimum absolute atomic E-state index is 0.345. The molecule has 13 nitrogen and oxygen atoms in total. The van der Waals surface area contributed by atoms with Crippen LogP contribution < -0.4 is 0 Å². The number of thioether (sulfide) groups is 1. The van der Waals surface area contributed by atoms with Crippen LogP contribution in [0.2, 0.25) is 0 Å². The summed E-state index contributed by atoms with van der Waals surface area (Å²) in [7, 11) is 1.12. The molecular weight excluding hydrogens is 552 g/mol. The summed E-state index contributed by atoms with van der Waals surface area (Å²) >= 11 is 0.918. The van der Waals surface area contributed by atoms with Gasteiger partial charge in [-0.15, -0.1) is 0 Å². The number of rotatable bonds is 11. The molecule has 0 N–H and O–H groups in total. The van der Waals surface area contributed by atoms with Crippen molar-refractivity contribution in [2.24, 2.45) is 0 Å². The third kappa shape index (κ3) is 9.23. The Hall–Kier alpha value is -3.65. The van der Waals surface area contributed by atoms with Crippen LogP contribution in [-0.4, -0.2) is 85.0 Å². The van der Waals surface area contributed by atoms with Crippen molar-refractivity contribution < 1.29 is 61.9 Å². The standard InChI is InChI=1S/C26H32O13S/c1-14(27)34-13-21(36-16(3)29)23(38-18(5)31)24-22(37-17(4)30)20(35-15(2)28)12-26(39-24,25(32)33-6)40-19-10-8-7-9-11-19/h7-11,20-24H,12-13H2,1-6H3/t20-,21+,22+,23+,24+,26?/m0/s1. The van der Waals surface area contributed by atoms with Crippen molar-refractivity contribution in [3.8, 4) is 0 Å². The molecule has 1 aliphatic rings. The van der Waals surface area contributed by atoms with E-state index >= 15 is 0 Å². The highest BCUT2D eigenvalue weighted by Gasteiger charge is 2.59. The maximum Gasteiger partial charge on any atom is 0.349 e. The Labute approximate surface area is 235 Å². The molecule has 1 fully saturated rings. The van der Waals surface area contributed by atoms with E-state index in [2.05, 4.69) is 0 Å². The largest absolute Gasteiger partial charge is 0.466 e. The van der Waals surface area contributed by atoms with Gasteiger partial charge < -0.3 is 33.2 Å². The first-order valence-corrected chi connectivity index (χ1v) is 12.9. The van der Waals surface area contributed by atoms with Crippen molar-refractivity contribution in [1.29, 1.82) is 0 Å². The summed E-state index contributed by atoms with van der Waals surface area (Å²) in [5.74, 6) is -4.92. The normalized spacial score (nSPS) is 23.5. The average molecular weight is 585 g/mol. The number of carbonyl (C=O) groups excluding carboxylic acids is 6. The van der Waals surface area contributed by atoms with Crippen LogP contribution in [-0.2, 0) is 61.9 Å². The van der Waals surface area contributed by atoms with E-state index in [4.69, 9.17) is 33.2 Å². The molecule has 1 aromatic carbocycles. The van der Waals surface area contributed by atoms with Gasteiger partial charge in [-0.2, -0.15) is 0 Å². The second-order valence-electron chi connectivity index (χ2n) is 8.69. The van der Waals surface area contributed by atoms with E-state index in [9.17, 15) is 28.8 Å². The minimum atomic E-state index is -1.93. The second kappa shape index (κ2) is 14.7. The number of benzene rings is 1. The van der Waals surface area contributed by atoms with Gasteiger partial charge in [-0.25, -0.2) is 4.79 Å². The molecule has 6 atom stereocenters. The highest BCUT2D eigenvalue weighted by molar-refractivity contribution is 8.01. The summed E-state index contributed by atoms with van der Waals surface area (Å²) < 4.78 is 38.1. The van der Waals surface area contributed by atoms with Gasteiger partial charge in [0.15, 0.2) is 18.3 Å². The van der Waals surface area contributed by atoms with Crippen molar-refractivity contribution in [1.82, 2.24) is 0 Å². The van der Waals surface area contributed by atoms with Gasteiger partial charge in [0, 0.05) is 45.9 Å². The highest BCUT2D eigenvalue weighted by Crippen LogP contribution is 2.46. The summed E-state index contributed by atoms with van der Waals surface area (Å²) in [6, 6.07) is 8.58. The molecule has 0 radical (unpaired) electrons. The monoisotopic (exact) mass is 584 g/mol. The first-order valence-electron chi connectivity index (χ1n) is 12.1. The Morgan fingerprint density at radius 2 is 1.48 bits per heavy atom. The Bertz CT molecular complexity index is 1090. The van der Waals surface area contributed by atoms with Gasteiger partial charge in [0.25, 0.3) is 0 Å². The molecule has 2 rings (SSSR count). The van der Waals surface area contributed by atoms with Crippen molar-refractivity contribution in [2.75, 3.05) is 13.7 Å². The van der Waals surface area contributed by atoms with E-state index < -0.39 is 77.9 Å². The lowest BCUT2D eigenvalue weighted by Gasteiger charge is -2.47. The fourth-order valence-electron chi connectivity index (χ4n) is 4.07. The number of hydrogen-bond acceptors (Lipinski definition) is 14. The molecule has 0 amide bonds. The van der Waals surface area contributed by atoms with Crippen LogP contribution in [0, 0.1) is 0 Å². The maximum atomic E-state index is 13.3. The zero-order valence-electron chi connectivity index (χ0n) is 22.9. The van der Waals surface area contributed by atoms with E-state index in [0.29, 0.717) is 4.90 Å². The number of methoxy groups -OCH3 is 1. The third-order valence-electron chi connectivity index (χ3n) is 5.39. The third-order valence-corrected chi connectivity index (χ3v) is 6.66. The molecule has 0 saturated carbocycles. The summed E-state index contributed by atoms with van der Waals surface area (Å²) in [5, 5.41) is 0. The molecule has 220 valence electrons. The second-order valence-corrected chi connectivity index (χ2v) is 10.0. The Kier molecular flexibility index (Phi) is 11.9. The van der Waals surface area contributed by atoms with Crippen molar-refractivity contribution in [2.45, 2.75) is 81.4 Å². The smallest absolute Gasteiger partial charge is 0.349 e. The molecule has 1 aromatic rings. The first-order chi connectivity index (χ1) is 18.8. The number of hydrogen-bond donors (Lipinski definition) is 0. The maximum absolute atomic E-state index is 13.3. The zero-order chi connectivity index (χ0) is 30.0. The van der Waals surface area contributed by atoms with Crippen LogP contribution in [0.25, 0.3) is 0 Å². The average Bonchev–Trinajstić information content (AvgIpc) is 2.85. The molecule has 1 unspecified atom stereocenters. The van der Waals surface area contributed by atoms with Gasteiger partial charge in [0.05, 0.1) is 7.11 Å². The molecular formula is C26H32O13S. The van der Waals surface area contributed by atoms with Crippen LogP contribution >= 0.6 is 11.8 Å². The summed E-state index contributed by atoms with van der Waals surface area (Å²) in [6.07, 6.45) is -7.83. The van der Waals surface area contributed by atoms with E-state index in [1.165, 1.54) is 0 Å². The Morgan fingerprint density at radius 3 is 1.98 bits per heavy atom. The Morgan fingerprint density at radius 1 is 0.875 bits per heavy atom. The van der Waals surface area contributed by atoms with Crippen molar-refractivity contribution >= 4 is 47.6 Å². The zero-order valence-corrected chi connectivity index (χ0v) is 23.7. The van der Waals surface area contributed by atoms with Gasteiger partial charge in [0.2, 0.25) is 4.93 Å². The van der Waals surface area contributed by atoms with E-state index in [1.807, 2.05) is 0 Å². The predicted octanol–water partition coefficient (Wildman–Crippen LogP) is 1.73. The lowest BCUT2D eigenvalue weighted by atomic mass is 9.91. The molecule has 1 saturated heterocycles. The van der Waals surface area contributed by atoms with Gasteiger partial charge in [-0.3, -0.25) is 24.0 Å². The SMILES string of the molecule is COC(=O)C1(Sc2ccccc2)C[C@H](OC(C)=O)[C@@H](OC(C)=O)[C@H]([C@H](OC(C)=O)[C@@H](COC(C)=O)OC(C)=O)O1. The quantitative estimate of drug-likeness (QED) is 0.272. The van der Waals surface area contributed by atoms with Gasteiger partial charge in [-0.05, 0) is 12.1 Å². The van der Waals surface area contributed by atoms with Crippen LogP contribution in [0.5, 0.6) is 0 Å². The van der Waals surface area contributed by atoms with E-state index in [0.717, 1.165) is 53.5 Å². The van der Waals surface area contributed by atoms with Gasteiger partial charge in [-0.1, -0.05) is 30.0 Å². The molecule has 0 aliphatic carbocycles. The van der Waals surface area contributed by atoms with Crippen molar-refractivity contribution in [3.63, 3.8) is 0 Å². The first kappa shape index (κ1) is 32.6.